The second-order valence-corrected chi connectivity index (χ2v) is 7.72. The normalized spacial score (nSPS) is 16.5. The number of benzene rings is 1. The van der Waals surface area contributed by atoms with E-state index in [9.17, 15) is 40.3 Å². The third-order valence-corrected chi connectivity index (χ3v) is 5.02. The molecule has 0 saturated carbocycles. The zero-order valence-corrected chi connectivity index (χ0v) is 20.0. The van der Waals surface area contributed by atoms with Crippen LogP contribution in [0.3, 0.4) is 0 Å². The number of halogens is 7. The molecular weight excluding hydrogens is 567 g/mol. The van der Waals surface area contributed by atoms with Gasteiger partial charge in [-0.05, 0) is 41.7 Å². The van der Waals surface area contributed by atoms with E-state index < -0.39 is 41.6 Å². The van der Waals surface area contributed by atoms with Crippen LogP contribution in [0.15, 0.2) is 30.5 Å². The summed E-state index contributed by atoms with van der Waals surface area (Å²) in [4.78, 5) is 44.6. The lowest BCUT2D eigenvalue weighted by molar-refractivity contribution is -0.193. The molecular formula is C22H20F7N3O8. The van der Waals surface area contributed by atoms with Gasteiger partial charge in [-0.25, -0.2) is 23.8 Å². The Morgan fingerprint density at radius 1 is 1.00 bits per heavy atom. The molecule has 6 N–H and O–H groups in total. The van der Waals surface area contributed by atoms with Crippen molar-refractivity contribution < 1.29 is 70.0 Å². The van der Waals surface area contributed by atoms with Gasteiger partial charge in [0.15, 0.2) is 0 Å². The maximum absolute atomic E-state index is 14.0. The Balaban J connectivity index is 0.000000473. The van der Waals surface area contributed by atoms with E-state index in [1.807, 2.05) is 0 Å². The summed E-state index contributed by atoms with van der Waals surface area (Å²) in [5.41, 5.74) is 7.33. The second-order valence-electron chi connectivity index (χ2n) is 7.72. The highest BCUT2D eigenvalue weighted by molar-refractivity contribution is 5.89. The van der Waals surface area contributed by atoms with Crippen LogP contribution in [0.2, 0.25) is 0 Å². The number of carbonyl (C=O) groups excluding carboxylic acids is 1. The van der Waals surface area contributed by atoms with Crippen LogP contribution in [0.25, 0.3) is 11.1 Å². The Bertz CT molecular complexity index is 1230. The maximum atomic E-state index is 14.0. The minimum Gasteiger partial charge on any atom is -0.478 e. The number of nitrogens with zero attached hydrogens (tertiary/aromatic N) is 1. The molecule has 0 amide bonds. The van der Waals surface area contributed by atoms with Gasteiger partial charge in [-0.2, -0.15) is 26.3 Å². The van der Waals surface area contributed by atoms with Gasteiger partial charge >= 0.3 is 36.2 Å². The predicted octanol–water partition coefficient (Wildman–Crippen LogP) is 3.05. The number of esters is 1. The number of hydrogen-bond acceptors (Lipinski definition) is 8. The van der Waals surface area contributed by atoms with Gasteiger partial charge in [0.2, 0.25) is 0 Å². The van der Waals surface area contributed by atoms with Crippen molar-refractivity contribution in [3.63, 3.8) is 0 Å². The van der Waals surface area contributed by atoms with Gasteiger partial charge in [-0.3, -0.25) is 4.79 Å². The standard InChI is InChI=1S/C18H18FN3O4.2C2HF3O2/c1-26-18(25)15-6-11(7-21-15)10-4-13(16(20)22-8-10)9-2-3-12(17(23)24)14(19)5-9;2*3-2(4,5)1(6)7/h2-5,8,11,15,21H,6-7H2,1H3,(H2,20,22)(H,23,24);2*(H,6,7)/t11-,15-;;/m0../s1. The summed E-state index contributed by atoms with van der Waals surface area (Å²) < 4.78 is 82.2. The van der Waals surface area contributed by atoms with E-state index in [4.69, 9.17) is 35.4 Å². The first kappa shape index (κ1) is 33.5. The number of carboxylic acid groups (broad SMARTS) is 3. The number of methoxy groups -OCH3 is 1. The molecule has 3 rings (SSSR count). The summed E-state index contributed by atoms with van der Waals surface area (Å²) in [5, 5.41) is 26.3. The van der Waals surface area contributed by atoms with Crippen molar-refractivity contribution in [3.8, 4) is 11.1 Å². The van der Waals surface area contributed by atoms with Gasteiger partial charge in [0.05, 0.1) is 12.7 Å². The topological polar surface area (TPSA) is 189 Å². The molecule has 1 saturated heterocycles. The number of carbonyl (C=O) groups is 4. The fraction of sp³-hybridized carbons (Fsp3) is 0.318. The van der Waals surface area contributed by atoms with Gasteiger partial charge < -0.3 is 31.1 Å². The van der Waals surface area contributed by atoms with Crippen LogP contribution in [0.5, 0.6) is 0 Å². The van der Waals surface area contributed by atoms with Crippen LogP contribution in [0, 0.1) is 5.82 Å². The zero-order chi connectivity index (χ0) is 31.0. The number of nitrogen functional groups attached to an aromatic ring is 1. The number of hydrogen-bond donors (Lipinski definition) is 5. The average molecular weight is 587 g/mol. The first-order valence-corrected chi connectivity index (χ1v) is 10.5. The number of nitrogens with one attached hydrogen (secondary N) is 1. The molecule has 1 aromatic carbocycles. The smallest absolute Gasteiger partial charge is 0.478 e. The lowest BCUT2D eigenvalue weighted by Crippen LogP contribution is -2.31. The van der Waals surface area contributed by atoms with Gasteiger partial charge in [0.1, 0.15) is 17.7 Å². The molecule has 2 heterocycles. The Morgan fingerprint density at radius 3 is 1.95 bits per heavy atom. The fourth-order valence-electron chi connectivity index (χ4n) is 3.11. The lowest BCUT2D eigenvalue weighted by atomic mass is 9.94. The van der Waals surface area contributed by atoms with Crippen LogP contribution in [-0.4, -0.2) is 76.2 Å². The van der Waals surface area contributed by atoms with Crippen molar-refractivity contribution in [2.24, 2.45) is 0 Å². The van der Waals surface area contributed by atoms with Gasteiger partial charge in [-0.15, -0.1) is 0 Å². The van der Waals surface area contributed by atoms with E-state index in [1.54, 1.807) is 12.3 Å². The number of nitrogens with two attached hydrogens (primary N) is 1. The number of aliphatic carboxylic acids is 2. The molecule has 40 heavy (non-hydrogen) atoms. The second kappa shape index (κ2) is 13.5. The molecule has 2 atom stereocenters. The summed E-state index contributed by atoms with van der Waals surface area (Å²) in [5.74, 6) is -7.75. The Kier molecular flexibility index (Phi) is 11.4. The van der Waals surface area contributed by atoms with E-state index >= 15 is 0 Å². The van der Waals surface area contributed by atoms with Crippen LogP contribution >= 0.6 is 0 Å². The first-order valence-electron chi connectivity index (χ1n) is 10.5. The maximum Gasteiger partial charge on any atom is 0.490 e. The number of aromatic carboxylic acids is 1. The van der Waals surface area contributed by atoms with Crippen molar-refractivity contribution >= 4 is 29.7 Å². The van der Waals surface area contributed by atoms with E-state index in [-0.39, 0.29) is 23.7 Å². The number of ether oxygens (including phenoxy) is 1. The van der Waals surface area contributed by atoms with Crippen LogP contribution in [-0.2, 0) is 19.1 Å². The van der Waals surface area contributed by atoms with Gasteiger partial charge in [-0.1, -0.05) is 6.07 Å². The number of aromatic nitrogens is 1. The molecule has 0 bridgehead atoms. The van der Waals surface area contributed by atoms with E-state index in [0.717, 1.165) is 11.6 Å². The number of pyridine rings is 1. The average Bonchev–Trinajstić information content (AvgIpc) is 3.33. The van der Waals surface area contributed by atoms with Gasteiger partial charge in [0, 0.05) is 18.3 Å². The highest BCUT2D eigenvalue weighted by Crippen LogP contribution is 2.32. The minimum absolute atomic E-state index is 0.0362. The third-order valence-electron chi connectivity index (χ3n) is 5.02. The quantitative estimate of drug-likeness (QED) is 0.261. The lowest BCUT2D eigenvalue weighted by Gasteiger charge is -2.13. The summed E-state index contributed by atoms with van der Waals surface area (Å²) in [6.45, 7) is 0.580. The molecule has 1 aliphatic rings. The van der Waals surface area contributed by atoms with Crippen LogP contribution in [0.4, 0.5) is 36.6 Å². The highest BCUT2D eigenvalue weighted by Gasteiger charge is 2.39. The number of alkyl halides is 6. The van der Waals surface area contributed by atoms with E-state index in [0.29, 0.717) is 24.1 Å². The van der Waals surface area contributed by atoms with Crippen molar-refractivity contribution in [2.75, 3.05) is 19.4 Å². The van der Waals surface area contributed by atoms with E-state index in [2.05, 4.69) is 10.3 Å². The van der Waals surface area contributed by atoms with Crippen molar-refractivity contribution in [1.82, 2.24) is 10.3 Å². The Morgan fingerprint density at radius 2 is 1.52 bits per heavy atom. The first-order chi connectivity index (χ1) is 18.3. The Labute approximate surface area is 219 Å². The number of anilines is 1. The molecule has 18 heteroatoms. The SMILES string of the molecule is COC(=O)[C@@H]1C[C@H](c2cnc(N)c(-c3ccc(C(=O)O)c(F)c3)c2)CN1.O=C(O)C(F)(F)F.O=C(O)C(F)(F)F. The van der Waals surface area contributed by atoms with Crippen LogP contribution in [0.1, 0.15) is 28.3 Å². The summed E-state index contributed by atoms with van der Waals surface area (Å²) in [6, 6.07) is 5.24. The molecule has 1 fully saturated rings. The zero-order valence-electron chi connectivity index (χ0n) is 20.0. The summed E-state index contributed by atoms with van der Waals surface area (Å²) in [7, 11) is 1.34. The molecule has 0 radical (unpaired) electrons. The fourth-order valence-corrected chi connectivity index (χ4v) is 3.11. The monoisotopic (exact) mass is 587 g/mol. The minimum atomic E-state index is -5.08. The molecule has 0 unspecified atom stereocenters. The molecule has 1 aromatic heterocycles. The number of carboxylic acids is 3. The molecule has 1 aliphatic heterocycles. The molecule has 0 spiro atoms. The molecule has 11 nitrogen and oxygen atoms in total. The largest absolute Gasteiger partial charge is 0.490 e. The van der Waals surface area contributed by atoms with E-state index in [1.165, 1.54) is 19.2 Å². The van der Waals surface area contributed by atoms with Crippen molar-refractivity contribution in [1.29, 1.82) is 0 Å². The van der Waals surface area contributed by atoms with Gasteiger partial charge in [0.25, 0.3) is 0 Å². The third kappa shape index (κ3) is 9.68. The predicted molar refractivity (Wildman–Crippen MR) is 120 cm³/mol. The highest BCUT2D eigenvalue weighted by atomic mass is 19.4. The number of rotatable bonds is 4. The molecule has 2 aromatic rings. The Hall–Kier alpha value is -4.48. The summed E-state index contributed by atoms with van der Waals surface area (Å²) >= 11 is 0. The van der Waals surface area contributed by atoms with Crippen LogP contribution < -0.4 is 11.1 Å². The van der Waals surface area contributed by atoms with Crippen molar-refractivity contribution in [3.05, 3.63) is 47.4 Å². The van der Waals surface area contributed by atoms with Crippen molar-refractivity contribution in [2.45, 2.75) is 30.7 Å². The summed E-state index contributed by atoms with van der Waals surface area (Å²) in [6.07, 6.45) is -7.98. The molecule has 220 valence electrons. The molecule has 0 aliphatic carbocycles.